The lowest BCUT2D eigenvalue weighted by atomic mass is 10.0. The highest BCUT2D eigenvalue weighted by atomic mass is 16.5. The van der Waals surface area contributed by atoms with Gasteiger partial charge in [0.05, 0.1) is 6.10 Å². The SMILES string of the molecule is C/C(C(=O)O)=C(/C)C1CCC(N=C=O)O1. The number of carbonyl (C=O) groups is 1. The zero-order chi connectivity index (χ0) is 11.4. The molecular formula is C10H13NO4. The van der Waals surface area contributed by atoms with Gasteiger partial charge in [-0.3, -0.25) is 0 Å². The Bertz CT molecular complexity index is 341. The summed E-state index contributed by atoms with van der Waals surface area (Å²) in [4.78, 5) is 24.2. The number of aliphatic carboxylic acids is 1. The van der Waals surface area contributed by atoms with Gasteiger partial charge in [-0.2, -0.15) is 4.99 Å². The molecule has 2 unspecified atom stereocenters. The van der Waals surface area contributed by atoms with Crippen LogP contribution >= 0.6 is 0 Å². The number of aliphatic imine (C=N–C) groups is 1. The van der Waals surface area contributed by atoms with Gasteiger partial charge in [0.2, 0.25) is 6.08 Å². The molecule has 0 aromatic carbocycles. The third-order valence-corrected chi connectivity index (χ3v) is 2.59. The van der Waals surface area contributed by atoms with Crippen molar-refractivity contribution in [2.24, 2.45) is 4.99 Å². The molecule has 0 aliphatic carbocycles. The lowest BCUT2D eigenvalue weighted by Gasteiger charge is -2.12. The monoisotopic (exact) mass is 211 g/mol. The summed E-state index contributed by atoms with van der Waals surface area (Å²) in [5, 5.41) is 8.78. The van der Waals surface area contributed by atoms with Gasteiger partial charge >= 0.3 is 5.97 Å². The van der Waals surface area contributed by atoms with Crippen molar-refractivity contribution in [3.05, 3.63) is 11.1 Å². The average Bonchev–Trinajstić information content (AvgIpc) is 2.64. The van der Waals surface area contributed by atoms with Gasteiger partial charge in [0.15, 0.2) is 6.23 Å². The molecule has 0 bridgehead atoms. The van der Waals surface area contributed by atoms with Gasteiger partial charge in [-0.05, 0) is 32.3 Å². The van der Waals surface area contributed by atoms with Crippen LogP contribution in [0.3, 0.4) is 0 Å². The van der Waals surface area contributed by atoms with E-state index in [2.05, 4.69) is 4.99 Å². The predicted octanol–water partition coefficient (Wildman–Crippen LogP) is 1.25. The largest absolute Gasteiger partial charge is 0.478 e. The Labute approximate surface area is 87.5 Å². The highest BCUT2D eigenvalue weighted by molar-refractivity contribution is 5.86. The Hall–Kier alpha value is -1.45. The van der Waals surface area contributed by atoms with Gasteiger partial charge in [-0.25, -0.2) is 9.59 Å². The van der Waals surface area contributed by atoms with E-state index in [0.29, 0.717) is 18.4 Å². The molecule has 1 aliphatic heterocycles. The van der Waals surface area contributed by atoms with E-state index < -0.39 is 12.2 Å². The fraction of sp³-hybridized carbons (Fsp3) is 0.600. The van der Waals surface area contributed by atoms with E-state index in [1.165, 1.54) is 13.0 Å². The minimum Gasteiger partial charge on any atom is -0.478 e. The second-order valence-electron chi connectivity index (χ2n) is 3.49. The number of carboxylic acid groups (broad SMARTS) is 1. The number of hydrogen-bond donors (Lipinski definition) is 1. The summed E-state index contributed by atoms with van der Waals surface area (Å²) in [5.74, 6) is -0.946. The summed E-state index contributed by atoms with van der Waals surface area (Å²) in [6.45, 7) is 3.26. The molecule has 0 amide bonds. The van der Waals surface area contributed by atoms with Crippen molar-refractivity contribution in [3.63, 3.8) is 0 Å². The number of nitrogens with zero attached hydrogens (tertiary/aromatic N) is 1. The zero-order valence-electron chi connectivity index (χ0n) is 8.69. The summed E-state index contributed by atoms with van der Waals surface area (Å²) >= 11 is 0. The molecule has 0 aromatic rings. The van der Waals surface area contributed by atoms with E-state index in [-0.39, 0.29) is 11.7 Å². The van der Waals surface area contributed by atoms with Crippen LogP contribution in [0.15, 0.2) is 16.1 Å². The zero-order valence-corrected chi connectivity index (χ0v) is 8.69. The minimum absolute atomic E-state index is 0.247. The van der Waals surface area contributed by atoms with Gasteiger partial charge < -0.3 is 9.84 Å². The lowest BCUT2D eigenvalue weighted by molar-refractivity contribution is -0.132. The topological polar surface area (TPSA) is 76.0 Å². The van der Waals surface area contributed by atoms with Crippen LogP contribution in [-0.2, 0) is 14.3 Å². The van der Waals surface area contributed by atoms with Gasteiger partial charge in [-0.15, -0.1) is 0 Å². The average molecular weight is 211 g/mol. The third kappa shape index (κ3) is 2.75. The van der Waals surface area contributed by atoms with Gasteiger partial charge in [0.1, 0.15) is 0 Å². The van der Waals surface area contributed by atoms with E-state index >= 15 is 0 Å². The van der Waals surface area contributed by atoms with Crippen LogP contribution in [0.2, 0.25) is 0 Å². The molecule has 1 aliphatic rings. The standard InChI is InChI=1S/C10H13NO4/c1-6(7(2)10(13)14)8-3-4-9(15-8)11-5-12/h8-9H,3-4H2,1-2H3,(H,13,14)/b7-6+. The molecule has 0 saturated carbocycles. The smallest absolute Gasteiger partial charge is 0.331 e. The molecular weight excluding hydrogens is 198 g/mol. The summed E-state index contributed by atoms with van der Waals surface area (Å²) in [7, 11) is 0. The van der Waals surface area contributed by atoms with Crippen LogP contribution in [0.1, 0.15) is 26.7 Å². The van der Waals surface area contributed by atoms with Crippen molar-refractivity contribution in [2.45, 2.75) is 39.0 Å². The summed E-state index contributed by atoms with van der Waals surface area (Å²) in [6, 6.07) is 0. The van der Waals surface area contributed by atoms with Crippen molar-refractivity contribution in [3.8, 4) is 0 Å². The van der Waals surface area contributed by atoms with Crippen LogP contribution in [0.4, 0.5) is 0 Å². The second kappa shape index (κ2) is 4.87. The Morgan fingerprint density at radius 2 is 2.13 bits per heavy atom. The first-order valence-corrected chi connectivity index (χ1v) is 4.69. The summed E-state index contributed by atoms with van der Waals surface area (Å²) < 4.78 is 5.38. The number of hydrogen-bond acceptors (Lipinski definition) is 4. The molecule has 1 fully saturated rings. The fourth-order valence-electron chi connectivity index (χ4n) is 1.50. The summed E-state index contributed by atoms with van der Waals surface area (Å²) in [6.07, 6.45) is 2.04. The van der Waals surface area contributed by atoms with E-state index in [0.717, 1.165) is 0 Å². The Morgan fingerprint density at radius 1 is 1.47 bits per heavy atom. The van der Waals surface area contributed by atoms with Crippen molar-refractivity contribution in [1.82, 2.24) is 0 Å². The van der Waals surface area contributed by atoms with Crippen molar-refractivity contribution in [2.75, 3.05) is 0 Å². The maximum absolute atomic E-state index is 10.7. The molecule has 0 radical (unpaired) electrons. The minimum atomic E-state index is -0.946. The molecule has 0 aromatic heterocycles. The fourth-order valence-corrected chi connectivity index (χ4v) is 1.50. The van der Waals surface area contributed by atoms with Gasteiger partial charge in [-0.1, -0.05) is 0 Å². The quantitative estimate of drug-likeness (QED) is 0.433. The maximum Gasteiger partial charge on any atom is 0.331 e. The molecule has 5 nitrogen and oxygen atoms in total. The van der Waals surface area contributed by atoms with E-state index in [4.69, 9.17) is 9.84 Å². The first kappa shape index (κ1) is 11.6. The highest BCUT2D eigenvalue weighted by Crippen LogP contribution is 2.27. The molecule has 1 heterocycles. The normalized spacial score (nSPS) is 26.8. The molecule has 1 saturated heterocycles. The molecule has 2 atom stereocenters. The number of rotatable bonds is 3. The lowest BCUT2D eigenvalue weighted by Crippen LogP contribution is -2.14. The molecule has 82 valence electrons. The van der Waals surface area contributed by atoms with Crippen molar-refractivity contribution >= 4 is 12.0 Å². The van der Waals surface area contributed by atoms with E-state index in [1.54, 1.807) is 6.92 Å². The number of carboxylic acids is 1. The molecule has 1 rings (SSSR count). The molecule has 5 heteroatoms. The van der Waals surface area contributed by atoms with Crippen LogP contribution in [0.5, 0.6) is 0 Å². The molecule has 1 N–H and O–H groups in total. The van der Waals surface area contributed by atoms with Crippen LogP contribution < -0.4 is 0 Å². The summed E-state index contributed by atoms with van der Waals surface area (Å²) in [5.41, 5.74) is 0.974. The van der Waals surface area contributed by atoms with Crippen LogP contribution in [0, 0.1) is 0 Å². The van der Waals surface area contributed by atoms with Crippen molar-refractivity contribution < 1.29 is 19.4 Å². The molecule has 15 heavy (non-hydrogen) atoms. The molecule has 0 spiro atoms. The van der Waals surface area contributed by atoms with Crippen LogP contribution in [-0.4, -0.2) is 29.5 Å². The number of carbonyl (C=O) groups excluding carboxylic acids is 1. The van der Waals surface area contributed by atoms with Crippen molar-refractivity contribution in [1.29, 1.82) is 0 Å². The Kier molecular flexibility index (Phi) is 3.77. The number of isocyanates is 1. The first-order chi connectivity index (χ1) is 7.06. The third-order valence-electron chi connectivity index (χ3n) is 2.59. The van der Waals surface area contributed by atoms with E-state index in [9.17, 15) is 9.59 Å². The predicted molar refractivity (Wildman–Crippen MR) is 52.0 cm³/mol. The first-order valence-electron chi connectivity index (χ1n) is 4.69. The second-order valence-corrected chi connectivity index (χ2v) is 3.49. The Balaban J connectivity index is 2.72. The number of ether oxygens (including phenoxy) is 1. The van der Waals surface area contributed by atoms with Gasteiger partial charge in [0, 0.05) is 5.57 Å². The Morgan fingerprint density at radius 3 is 2.67 bits per heavy atom. The van der Waals surface area contributed by atoms with Gasteiger partial charge in [0.25, 0.3) is 0 Å². The van der Waals surface area contributed by atoms with Crippen LogP contribution in [0.25, 0.3) is 0 Å². The van der Waals surface area contributed by atoms with E-state index in [1.807, 2.05) is 0 Å². The highest BCUT2D eigenvalue weighted by Gasteiger charge is 2.27. The maximum atomic E-state index is 10.7.